The van der Waals surface area contributed by atoms with Gasteiger partial charge in [0, 0.05) is 5.56 Å². The van der Waals surface area contributed by atoms with E-state index < -0.39 is 0 Å². The fourth-order valence-corrected chi connectivity index (χ4v) is 2.88. The van der Waals surface area contributed by atoms with Crippen LogP contribution in [0.15, 0.2) is 84.9 Å². The predicted molar refractivity (Wildman–Crippen MR) is 99.6 cm³/mol. The Labute approximate surface area is 148 Å². The molecule has 0 atom stereocenters. The lowest BCUT2D eigenvalue weighted by Gasteiger charge is -2.20. The van der Waals surface area contributed by atoms with Gasteiger partial charge in [-0.2, -0.15) is 0 Å². The van der Waals surface area contributed by atoms with E-state index in [1.807, 2.05) is 84.9 Å². The quantitative estimate of drug-likeness (QED) is 0.737. The molecule has 0 aliphatic carbocycles. The number of nitrogens with one attached hydrogen (secondary N) is 1. The molecule has 3 aromatic carbocycles. The third kappa shape index (κ3) is 4.27. The Morgan fingerprint density at radius 2 is 1.36 bits per heavy atom. The molecule has 0 saturated heterocycles. The second kappa shape index (κ2) is 8.15. The SMILES string of the molecule is COc1ccccc1CC(=O)NC(c1ccccc1)c1ccccc1. The summed E-state index contributed by atoms with van der Waals surface area (Å²) >= 11 is 0. The van der Waals surface area contributed by atoms with Gasteiger partial charge in [0.2, 0.25) is 5.91 Å². The molecule has 0 fully saturated rings. The van der Waals surface area contributed by atoms with Gasteiger partial charge in [-0.1, -0.05) is 78.9 Å². The molecule has 1 amide bonds. The van der Waals surface area contributed by atoms with Crippen molar-refractivity contribution in [1.82, 2.24) is 5.32 Å². The van der Waals surface area contributed by atoms with Gasteiger partial charge < -0.3 is 10.1 Å². The van der Waals surface area contributed by atoms with Gasteiger partial charge in [-0.25, -0.2) is 0 Å². The lowest BCUT2D eigenvalue weighted by Crippen LogP contribution is -2.30. The second-order valence-electron chi connectivity index (χ2n) is 5.81. The average Bonchev–Trinajstić information content (AvgIpc) is 2.68. The van der Waals surface area contributed by atoms with E-state index in [1.165, 1.54) is 0 Å². The van der Waals surface area contributed by atoms with Crippen LogP contribution in [0.25, 0.3) is 0 Å². The molecule has 3 nitrogen and oxygen atoms in total. The van der Waals surface area contributed by atoms with Gasteiger partial charge in [-0.15, -0.1) is 0 Å². The van der Waals surface area contributed by atoms with Crippen molar-refractivity contribution >= 4 is 5.91 Å². The monoisotopic (exact) mass is 331 g/mol. The summed E-state index contributed by atoms with van der Waals surface area (Å²) in [7, 11) is 1.62. The van der Waals surface area contributed by atoms with E-state index >= 15 is 0 Å². The first-order chi connectivity index (χ1) is 12.3. The van der Waals surface area contributed by atoms with Crippen molar-refractivity contribution < 1.29 is 9.53 Å². The van der Waals surface area contributed by atoms with Gasteiger partial charge in [-0.3, -0.25) is 4.79 Å². The number of amides is 1. The van der Waals surface area contributed by atoms with E-state index in [1.54, 1.807) is 7.11 Å². The highest BCUT2D eigenvalue weighted by Gasteiger charge is 2.17. The summed E-state index contributed by atoms with van der Waals surface area (Å²) in [5.74, 6) is 0.691. The van der Waals surface area contributed by atoms with E-state index in [0.717, 1.165) is 22.4 Å². The molecule has 25 heavy (non-hydrogen) atoms. The van der Waals surface area contributed by atoms with Crippen LogP contribution in [0.4, 0.5) is 0 Å². The highest BCUT2D eigenvalue weighted by molar-refractivity contribution is 5.80. The molecule has 3 heteroatoms. The number of benzene rings is 3. The van der Waals surface area contributed by atoms with Crippen LogP contribution in [0.3, 0.4) is 0 Å². The van der Waals surface area contributed by atoms with Gasteiger partial charge in [0.05, 0.1) is 19.6 Å². The van der Waals surface area contributed by atoms with E-state index in [-0.39, 0.29) is 18.4 Å². The maximum Gasteiger partial charge on any atom is 0.225 e. The maximum absolute atomic E-state index is 12.7. The number of rotatable bonds is 6. The summed E-state index contributed by atoms with van der Waals surface area (Å²) in [5, 5.41) is 3.15. The first-order valence-electron chi connectivity index (χ1n) is 8.29. The van der Waals surface area contributed by atoms with Gasteiger partial charge in [0.25, 0.3) is 0 Å². The number of ether oxygens (including phenoxy) is 1. The Bertz CT molecular complexity index is 776. The largest absolute Gasteiger partial charge is 0.496 e. The van der Waals surface area contributed by atoms with Crippen molar-refractivity contribution in [2.45, 2.75) is 12.5 Å². The summed E-state index contributed by atoms with van der Waals surface area (Å²) < 4.78 is 5.34. The number of carbonyl (C=O) groups excluding carboxylic acids is 1. The molecule has 0 spiro atoms. The fraction of sp³-hybridized carbons (Fsp3) is 0.136. The molecular formula is C22H21NO2. The molecule has 3 aromatic rings. The Balaban J connectivity index is 1.82. The number of carbonyl (C=O) groups is 1. The second-order valence-corrected chi connectivity index (χ2v) is 5.81. The molecule has 0 heterocycles. The van der Waals surface area contributed by atoms with Crippen molar-refractivity contribution in [2.75, 3.05) is 7.11 Å². The lowest BCUT2D eigenvalue weighted by atomic mass is 9.98. The maximum atomic E-state index is 12.7. The van der Waals surface area contributed by atoms with Crippen molar-refractivity contribution in [3.63, 3.8) is 0 Å². The summed E-state index contributed by atoms with van der Waals surface area (Å²) in [6.45, 7) is 0. The Kier molecular flexibility index (Phi) is 5.47. The van der Waals surface area contributed by atoms with Crippen LogP contribution >= 0.6 is 0 Å². The molecular weight excluding hydrogens is 310 g/mol. The topological polar surface area (TPSA) is 38.3 Å². The van der Waals surface area contributed by atoms with E-state index in [4.69, 9.17) is 4.74 Å². The summed E-state index contributed by atoms with van der Waals surface area (Å²) in [5.41, 5.74) is 2.99. The van der Waals surface area contributed by atoms with Crippen LogP contribution in [0.5, 0.6) is 5.75 Å². The molecule has 3 rings (SSSR count). The van der Waals surface area contributed by atoms with Gasteiger partial charge in [-0.05, 0) is 17.2 Å². The third-order valence-electron chi connectivity index (χ3n) is 4.11. The van der Waals surface area contributed by atoms with Gasteiger partial charge >= 0.3 is 0 Å². The molecule has 0 saturated carbocycles. The third-order valence-corrected chi connectivity index (χ3v) is 4.11. The molecule has 126 valence electrons. The van der Waals surface area contributed by atoms with Crippen LogP contribution in [0.2, 0.25) is 0 Å². The zero-order valence-electron chi connectivity index (χ0n) is 14.2. The van der Waals surface area contributed by atoms with Gasteiger partial charge in [0.15, 0.2) is 0 Å². The van der Waals surface area contributed by atoms with Crippen molar-refractivity contribution in [3.8, 4) is 5.75 Å². The zero-order valence-corrected chi connectivity index (χ0v) is 14.2. The smallest absolute Gasteiger partial charge is 0.225 e. The minimum absolute atomic E-state index is 0.0396. The fourth-order valence-electron chi connectivity index (χ4n) is 2.88. The highest BCUT2D eigenvalue weighted by atomic mass is 16.5. The zero-order chi connectivity index (χ0) is 17.5. The van der Waals surface area contributed by atoms with Crippen molar-refractivity contribution in [2.24, 2.45) is 0 Å². The van der Waals surface area contributed by atoms with Crippen LogP contribution in [0.1, 0.15) is 22.7 Å². The normalized spacial score (nSPS) is 10.5. The van der Waals surface area contributed by atoms with Crippen LogP contribution in [0, 0.1) is 0 Å². The van der Waals surface area contributed by atoms with Crippen molar-refractivity contribution in [1.29, 1.82) is 0 Å². The van der Waals surface area contributed by atoms with Crippen molar-refractivity contribution in [3.05, 3.63) is 102 Å². The standard InChI is InChI=1S/C22H21NO2/c1-25-20-15-9-8-14-19(20)16-21(24)23-22(17-10-4-2-5-11-17)18-12-6-3-7-13-18/h2-15,22H,16H2,1H3,(H,23,24). The number of hydrogen-bond acceptors (Lipinski definition) is 2. The summed E-state index contributed by atoms with van der Waals surface area (Å²) in [4.78, 5) is 12.7. The minimum atomic E-state index is -0.176. The summed E-state index contributed by atoms with van der Waals surface area (Å²) in [6.07, 6.45) is 0.278. The molecule has 0 aliphatic rings. The predicted octanol–water partition coefficient (Wildman–Crippen LogP) is 4.14. The Hall–Kier alpha value is -3.07. The molecule has 0 bridgehead atoms. The summed E-state index contributed by atoms with van der Waals surface area (Å²) in [6, 6.07) is 27.4. The Morgan fingerprint density at radius 3 is 1.92 bits per heavy atom. The number of hydrogen-bond donors (Lipinski definition) is 1. The lowest BCUT2D eigenvalue weighted by molar-refractivity contribution is -0.121. The first kappa shape index (κ1) is 16.8. The minimum Gasteiger partial charge on any atom is -0.496 e. The van der Waals surface area contributed by atoms with E-state index in [9.17, 15) is 4.79 Å². The number of para-hydroxylation sites is 1. The first-order valence-corrected chi connectivity index (χ1v) is 8.29. The van der Waals surface area contributed by atoms with Crippen LogP contribution in [-0.2, 0) is 11.2 Å². The van der Waals surface area contributed by atoms with Gasteiger partial charge in [0.1, 0.15) is 5.75 Å². The van der Waals surface area contributed by atoms with Crippen LogP contribution < -0.4 is 10.1 Å². The van der Waals surface area contributed by atoms with E-state index in [0.29, 0.717) is 0 Å². The molecule has 0 unspecified atom stereocenters. The Morgan fingerprint density at radius 1 is 0.840 bits per heavy atom. The molecule has 0 aliphatic heterocycles. The highest BCUT2D eigenvalue weighted by Crippen LogP contribution is 2.23. The van der Waals surface area contributed by atoms with Crippen LogP contribution in [-0.4, -0.2) is 13.0 Å². The van der Waals surface area contributed by atoms with E-state index in [2.05, 4.69) is 5.32 Å². The molecule has 0 aromatic heterocycles. The molecule has 1 N–H and O–H groups in total. The number of methoxy groups -OCH3 is 1. The average molecular weight is 331 g/mol. The molecule has 0 radical (unpaired) electrons.